The van der Waals surface area contributed by atoms with Crippen LogP contribution < -0.4 is 5.32 Å². The number of rotatable bonds is 4. The van der Waals surface area contributed by atoms with Crippen molar-refractivity contribution in [3.63, 3.8) is 0 Å². The van der Waals surface area contributed by atoms with Crippen LogP contribution in [0.3, 0.4) is 0 Å². The molecule has 1 aliphatic carbocycles. The number of epoxide rings is 1. The quantitative estimate of drug-likeness (QED) is 0.674. The predicted molar refractivity (Wildman–Crippen MR) is 75.7 cm³/mol. The van der Waals surface area contributed by atoms with E-state index in [4.69, 9.17) is 9.47 Å². The minimum Gasteiger partial charge on any atom is -0.466 e. The smallest absolute Gasteiger partial charge is 0.311 e. The number of hydrogen-bond donors (Lipinski definition) is 1. The summed E-state index contributed by atoms with van der Waals surface area (Å²) in [4.78, 5) is 24.3. The van der Waals surface area contributed by atoms with Crippen LogP contribution in [0.4, 0.5) is 0 Å². The molecule has 0 bridgehead atoms. The van der Waals surface area contributed by atoms with Gasteiger partial charge < -0.3 is 14.8 Å². The first kappa shape index (κ1) is 14.1. The van der Waals surface area contributed by atoms with Gasteiger partial charge in [0.15, 0.2) is 0 Å². The van der Waals surface area contributed by atoms with Gasteiger partial charge in [0.1, 0.15) is 0 Å². The highest BCUT2D eigenvalue weighted by atomic mass is 16.6. The Kier molecular flexibility index (Phi) is 3.92. The molecule has 3 rings (SSSR count). The molecule has 0 unspecified atom stereocenters. The third-order valence-corrected chi connectivity index (χ3v) is 4.09. The van der Waals surface area contributed by atoms with E-state index in [0.29, 0.717) is 25.0 Å². The zero-order valence-electron chi connectivity index (χ0n) is 12.0. The van der Waals surface area contributed by atoms with Crippen LogP contribution in [0.15, 0.2) is 30.3 Å². The number of benzene rings is 1. The summed E-state index contributed by atoms with van der Waals surface area (Å²) in [6.45, 7) is 2.14. The fourth-order valence-electron chi connectivity index (χ4n) is 2.93. The first-order valence-corrected chi connectivity index (χ1v) is 7.37. The molecule has 2 fully saturated rings. The highest BCUT2D eigenvalue weighted by molar-refractivity contribution is 5.94. The van der Waals surface area contributed by atoms with Crippen molar-refractivity contribution < 1.29 is 19.1 Å². The molecule has 5 heteroatoms. The molecular formula is C16H19NO4. The molecule has 1 amide bonds. The van der Waals surface area contributed by atoms with Crippen LogP contribution in [0.5, 0.6) is 0 Å². The molecule has 1 aliphatic heterocycles. The van der Waals surface area contributed by atoms with Gasteiger partial charge in [0, 0.05) is 11.6 Å². The molecule has 1 saturated carbocycles. The Labute approximate surface area is 123 Å². The van der Waals surface area contributed by atoms with Crippen molar-refractivity contribution in [1.29, 1.82) is 0 Å². The number of hydrogen-bond acceptors (Lipinski definition) is 4. The molecule has 2 aliphatic rings. The number of amides is 1. The summed E-state index contributed by atoms with van der Waals surface area (Å²) < 4.78 is 10.6. The van der Waals surface area contributed by atoms with Gasteiger partial charge in [-0.25, -0.2) is 0 Å². The van der Waals surface area contributed by atoms with Crippen LogP contribution >= 0.6 is 0 Å². The van der Waals surface area contributed by atoms with Gasteiger partial charge in [-0.05, 0) is 31.9 Å². The van der Waals surface area contributed by atoms with E-state index in [0.717, 1.165) is 0 Å². The molecular weight excluding hydrogens is 270 g/mol. The third kappa shape index (κ3) is 3.08. The molecule has 1 N–H and O–H groups in total. The largest absolute Gasteiger partial charge is 0.466 e. The van der Waals surface area contributed by atoms with Crippen molar-refractivity contribution in [2.45, 2.75) is 38.0 Å². The van der Waals surface area contributed by atoms with Crippen LogP contribution in [0.2, 0.25) is 0 Å². The van der Waals surface area contributed by atoms with Crippen molar-refractivity contribution in [2.24, 2.45) is 5.92 Å². The van der Waals surface area contributed by atoms with Gasteiger partial charge in [0.05, 0.1) is 24.7 Å². The lowest BCUT2D eigenvalue weighted by molar-refractivity contribution is -0.149. The van der Waals surface area contributed by atoms with Crippen molar-refractivity contribution in [3.05, 3.63) is 35.9 Å². The summed E-state index contributed by atoms with van der Waals surface area (Å²) in [5.74, 6) is -0.722. The van der Waals surface area contributed by atoms with Gasteiger partial charge in [-0.1, -0.05) is 18.2 Å². The van der Waals surface area contributed by atoms with Crippen molar-refractivity contribution in [1.82, 2.24) is 5.32 Å². The minimum absolute atomic E-state index is 0.157. The summed E-state index contributed by atoms with van der Waals surface area (Å²) in [6, 6.07) is 8.79. The molecule has 112 valence electrons. The zero-order chi connectivity index (χ0) is 14.8. The average molecular weight is 289 g/mol. The molecule has 1 saturated heterocycles. The highest BCUT2D eigenvalue weighted by Crippen LogP contribution is 2.40. The van der Waals surface area contributed by atoms with E-state index in [2.05, 4.69) is 5.32 Å². The maximum Gasteiger partial charge on any atom is 0.311 e. The number of carbonyl (C=O) groups excluding carboxylic acids is 2. The first-order chi connectivity index (χ1) is 10.2. The predicted octanol–water partition coefficient (Wildman–Crippen LogP) is 1.53. The van der Waals surface area contributed by atoms with E-state index >= 15 is 0 Å². The molecule has 1 aromatic rings. The molecule has 0 radical (unpaired) electrons. The van der Waals surface area contributed by atoms with E-state index < -0.39 is 0 Å². The first-order valence-electron chi connectivity index (χ1n) is 7.37. The second-order valence-electron chi connectivity index (χ2n) is 5.49. The topological polar surface area (TPSA) is 67.9 Å². The molecule has 0 spiro atoms. The van der Waals surface area contributed by atoms with Crippen LogP contribution in [0.1, 0.15) is 30.1 Å². The van der Waals surface area contributed by atoms with Crippen molar-refractivity contribution >= 4 is 11.9 Å². The Morgan fingerprint density at radius 1 is 1.24 bits per heavy atom. The lowest BCUT2D eigenvalue weighted by atomic mass is 9.84. The van der Waals surface area contributed by atoms with E-state index in [1.807, 2.05) is 18.2 Å². The number of carbonyl (C=O) groups is 2. The lowest BCUT2D eigenvalue weighted by Crippen LogP contribution is -2.47. The third-order valence-electron chi connectivity index (χ3n) is 4.09. The van der Waals surface area contributed by atoms with Gasteiger partial charge >= 0.3 is 5.97 Å². The maximum atomic E-state index is 12.3. The zero-order valence-corrected chi connectivity index (χ0v) is 12.0. The summed E-state index contributed by atoms with van der Waals surface area (Å²) in [7, 11) is 0. The van der Waals surface area contributed by atoms with Crippen LogP contribution in [0.25, 0.3) is 0 Å². The molecule has 1 heterocycles. The van der Waals surface area contributed by atoms with E-state index in [-0.39, 0.29) is 36.0 Å². The monoisotopic (exact) mass is 289 g/mol. The number of nitrogens with one attached hydrogen (secondary N) is 1. The van der Waals surface area contributed by atoms with Gasteiger partial charge in [-0.3, -0.25) is 9.59 Å². The van der Waals surface area contributed by atoms with Crippen LogP contribution in [-0.2, 0) is 14.3 Å². The lowest BCUT2D eigenvalue weighted by Gasteiger charge is -2.28. The second kappa shape index (κ2) is 5.85. The Bertz CT molecular complexity index is 530. The SMILES string of the molecule is CCOC(=O)[C@@H]1C[C@@H]2O[C@@H]2C[C@@H]1NC(=O)c1ccccc1. The van der Waals surface area contributed by atoms with E-state index in [1.54, 1.807) is 19.1 Å². The van der Waals surface area contributed by atoms with E-state index in [9.17, 15) is 9.59 Å². The second-order valence-corrected chi connectivity index (χ2v) is 5.49. The summed E-state index contributed by atoms with van der Waals surface area (Å²) >= 11 is 0. The van der Waals surface area contributed by atoms with Crippen LogP contribution in [0, 0.1) is 5.92 Å². The number of fused-ring (bicyclic) bond motifs is 1. The fraction of sp³-hybridized carbons (Fsp3) is 0.500. The van der Waals surface area contributed by atoms with Gasteiger partial charge in [0.25, 0.3) is 5.91 Å². The normalized spacial score (nSPS) is 30.1. The summed E-state index contributed by atoms with van der Waals surface area (Å²) in [6.07, 6.45) is 1.64. The average Bonchev–Trinajstić information content (AvgIpc) is 3.25. The van der Waals surface area contributed by atoms with Gasteiger partial charge in [-0.15, -0.1) is 0 Å². The van der Waals surface area contributed by atoms with E-state index in [1.165, 1.54) is 0 Å². The molecule has 0 aromatic heterocycles. The van der Waals surface area contributed by atoms with Crippen molar-refractivity contribution in [3.8, 4) is 0 Å². The summed E-state index contributed by atoms with van der Waals surface area (Å²) in [5, 5.41) is 2.96. The number of ether oxygens (including phenoxy) is 2. The van der Waals surface area contributed by atoms with Gasteiger partial charge in [0.2, 0.25) is 0 Å². The van der Waals surface area contributed by atoms with Crippen LogP contribution in [-0.4, -0.2) is 36.7 Å². The molecule has 1 aromatic carbocycles. The molecule has 5 nitrogen and oxygen atoms in total. The Balaban J connectivity index is 1.69. The maximum absolute atomic E-state index is 12.3. The van der Waals surface area contributed by atoms with Gasteiger partial charge in [-0.2, -0.15) is 0 Å². The standard InChI is InChI=1S/C16H19NO4/c1-2-20-16(19)11-8-13-14(21-13)9-12(11)17-15(18)10-6-4-3-5-7-10/h3-7,11-14H,2,8-9H2,1H3,(H,17,18)/t11-,12+,13+,14-/m1/s1. The highest BCUT2D eigenvalue weighted by Gasteiger charge is 2.51. The molecule has 4 atom stereocenters. The Hall–Kier alpha value is -1.88. The Morgan fingerprint density at radius 2 is 1.95 bits per heavy atom. The molecule has 21 heavy (non-hydrogen) atoms. The fourth-order valence-corrected chi connectivity index (χ4v) is 2.93. The minimum atomic E-state index is -0.318. The Morgan fingerprint density at radius 3 is 2.67 bits per heavy atom. The summed E-state index contributed by atoms with van der Waals surface area (Å²) in [5.41, 5.74) is 0.596. The number of esters is 1. The van der Waals surface area contributed by atoms with Crippen molar-refractivity contribution in [2.75, 3.05) is 6.61 Å².